The molecule has 1 amide bonds. The predicted molar refractivity (Wildman–Crippen MR) is 83.5 cm³/mol. The SMILES string of the molecule is CNCC(C)C(=O)NCC(C)N(C)Cc1ccccc1. The summed E-state index contributed by atoms with van der Waals surface area (Å²) in [5.74, 6) is 0.117. The lowest BCUT2D eigenvalue weighted by atomic mass is 10.1. The minimum Gasteiger partial charge on any atom is -0.354 e. The number of rotatable bonds is 8. The molecule has 2 atom stereocenters. The van der Waals surface area contributed by atoms with Gasteiger partial charge in [-0.25, -0.2) is 0 Å². The Morgan fingerprint density at radius 3 is 2.45 bits per heavy atom. The number of hydrogen-bond acceptors (Lipinski definition) is 3. The van der Waals surface area contributed by atoms with Crippen molar-refractivity contribution in [2.75, 3.05) is 27.2 Å². The molecule has 2 N–H and O–H groups in total. The smallest absolute Gasteiger partial charge is 0.224 e. The first kappa shape index (κ1) is 16.7. The van der Waals surface area contributed by atoms with Crippen LogP contribution in [0, 0.1) is 5.92 Å². The van der Waals surface area contributed by atoms with Gasteiger partial charge in [-0.3, -0.25) is 9.69 Å². The maximum absolute atomic E-state index is 11.8. The van der Waals surface area contributed by atoms with Crippen LogP contribution in [0.1, 0.15) is 19.4 Å². The number of nitrogens with one attached hydrogen (secondary N) is 2. The number of likely N-dealkylation sites (N-methyl/N-ethyl adjacent to an activating group) is 1. The lowest BCUT2D eigenvalue weighted by Crippen LogP contribution is -2.42. The molecule has 0 spiro atoms. The van der Waals surface area contributed by atoms with E-state index in [1.807, 2.05) is 20.0 Å². The van der Waals surface area contributed by atoms with Crippen LogP contribution in [0.15, 0.2) is 30.3 Å². The van der Waals surface area contributed by atoms with E-state index >= 15 is 0 Å². The van der Waals surface area contributed by atoms with E-state index in [0.717, 1.165) is 6.54 Å². The van der Waals surface area contributed by atoms with Gasteiger partial charge in [0.15, 0.2) is 0 Å². The van der Waals surface area contributed by atoms with Crippen LogP contribution in [-0.2, 0) is 11.3 Å². The summed E-state index contributed by atoms with van der Waals surface area (Å²) in [5, 5.41) is 6.03. The molecule has 112 valence electrons. The van der Waals surface area contributed by atoms with Crippen molar-refractivity contribution in [3.05, 3.63) is 35.9 Å². The zero-order valence-corrected chi connectivity index (χ0v) is 13.0. The Morgan fingerprint density at radius 2 is 1.85 bits per heavy atom. The summed E-state index contributed by atoms with van der Waals surface area (Å²) in [6.45, 7) is 6.34. The summed E-state index contributed by atoms with van der Waals surface area (Å²) in [5.41, 5.74) is 1.29. The Kier molecular flexibility index (Phi) is 7.26. The molecule has 2 unspecified atom stereocenters. The van der Waals surface area contributed by atoms with Gasteiger partial charge in [-0.1, -0.05) is 37.3 Å². The van der Waals surface area contributed by atoms with Gasteiger partial charge in [-0.2, -0.15) is 0 Å². The Morgan fingerprint density at radius 1 is 1.20 bits per heavy atom. The third kappa shape index (κ3) is 5.72. The van der Waals surface area contributed by atoms with E-state index in [0.29, 0.717) is 19.1 Å². The van der Waals surface area contributed by atoms with Gasteiger partial charge in [0.05, 0.1) is 0 Å². The first-order valence-corrected chi connectivity index (χ1v) is 7.21. The molecule has 0 saturated heterocycles. The van der Waals surface area contributed by atoms with Gasteiger partial charge in [-0.15, -0.1) is 0 Å². The second-order valence-corrected chi connectivity index (χ2v) is 5.45. The van der Waals surface area contributed by atoms with Crippen LogP contribution in [0.25, 0.3) is 0 Å². The molecule has 20 heavy (non-hydrogen) atoms. The standard InChI is InChI=1S/C16H27N3O/c1-13(10-17-3)16(20)18-11-14(2)19(4)12-15-8-6-5-7-9-15/h5-9,13-14,17H,10-12H2,1-4H3,(H,18,20). The molecule has 0 radical (unpaired) electrons. The summed E-state index contributed by atoms with van der Waals surface area (Å²) in [4.78, 5) is 14.1. The molecule has 0 aliphatic rings. The summed E-state index contributed by atoms with van der Waals surface area (Å²) in [6, 6.07) is 10.7. The Balaban J connectivity index is 2.35. The van der Waals surface area contributed by atoms with Crippen molar-refractivity contribution in [1.82, 2.24) is 15.5 Å². The molecule has 0 aliphatic heterocycles. The maximum atomic E-state index is 11.8. The van der Waals surface area contributed by atoms with Crippen LogP contribution < -0.4 is 10.6 Å². The van der Waals surface area contributed by atoms with Gasteiger partial charge in [-0.05, 0) is 26.6 Å². The van der Waals surface area contributed by atoms with Gasteiger partial charge < -0.3 is 10.6 Å². The molecule has 1 aromatic rings. The highest BCUT2D eigenvalue weighted by atomic mass is 16.1. The molecule has 1 rings (SSSR count). The summed E-state index contributed by atoms with van der Waals surface area (Å²) < 4.78 is 0. The van der Waals surface area contributed by atoms with Crippen LogP contribution in [0.4, 0.5) is 0 Å². The van der Waals surface area contributed by atoms with Gasteiger partial charge in [0.1, 0.15) is 0 Å². The van der Waals surface area contributed by atoms with E-state index in [1.165, 1.54) is 5.56 Å². The highest BCUT2D eigenvalue weighted by molar-refractivity contribution is 5.78. The Labute approximate surface area is 122 Å². The molecular formula is C16H27N3O. The van der Waals surface area contributed by atoms with Crippen molar-refractivity contribution in [2.24, 2.45) is 5.92 Å². The van der Waals surface area contributed by atoms with Gasteiger partial charge in [0.25, 0.3) is 0 Å². The number of benzene rings is 1. The summed E-state index contributed by atoms with van der Waals surface area (Å²) in [6.07, 6.45) is 0. The Hall–Kier alpha value is -1.39. The van der Waals surface area contributed by atoms with Crippen molar-refractivity contribution < 1.29 is 4.79 Å². The number of carbonyl (C=O) groups is 1. The van der Waals surface area contributed by atoms with Crippen molar-refractivity contribution in [3.8, 4) is 0 Å². The Bertz CT molecular complexity index is 394. The van der Waals surface area contributed by atoms with Crippen molar-refractivity contribution in [2.45, 2.75) is 26.4 Å². The van der Waals surface area contributed by atoms with E-state index in [1.54, 1.807) is 0 Å². The molecule has 1 aromatic carbocycles. The molecule has 0 bridgehead atoms. The van der Waals surface area contributed by atoms with Gasteiger partial charge in [0.2, 0.25) is 5.91 Å². The zero-order valence-electron chi connectivity index (χ0n) is 13.0. The van der Waals surface area contributed by atoms with E-state index in [2.05, 4.69) is 53.8 Å². The second-order valence-electron chi connectivity index (χ2n) is 5.45. The molecule has 0 fully saturated rings. The van der Waals surface area contributed by atoms with Gasteiger partial charge >= 0.3 is 0 Å². The van der Waals surface area contributed by atoms with E-state index < -0.39 is 0 Å². The van der Waals surface area contributed by atoms with E-state index in [4.69, 9.17) is 0 Å². The lowest BCUT2D eigenvalue weighted by molar-refractivity contribution is -0.124. The van der Waals surface area contributed by atoms with E-state index in [9.17, 15) is 4.79 Å². The monoisotopic (exact) mass is 277 g/mol. The predicted octanol–water partition coefficient (Wildman–Crippen LogP) is 1.48. The van der Waals surface area contributed by atoms with Crippen LogP contribution in [-0.4, -0.2) is 44.0 Å². The number of carbonyl (C=O) groups excluding carboxylic acids is 1. The third-order valence-electron chi connectivity index (χ3n) is 3.56. The summed E-state index contributed by atoms with van der Waals surface area (Å²) >= 11 is 0. The fraction of sp³-hybridized carbons (Fsp3) is 0.562. The van der Waals surface area contributed by atoms with Crippen LogP contribution in [0.3, 0.4) is 0 Å². The van der Waals surface area contributed by atoms with Crippen molar-refractivity contribution >= 4 is 5.91 Å². The zero-order chi connectivity index (χ0) is 15.0. The molecule has 0 aromatic heterocycles. The first-order chi connectivity index (χ1) is 9.54. The average molecular weight is 277 g/mol. The number of hydrogen-bond donors (Lipinski definition) is 2. The van der Waals surface area contributed by atoms with Crippen molar-refractivity contribution in [3.63, 3.8) is 0 Å². The van der Waals surface area contributed by atoms with Gasteiger partial charge in [0, 0.05) is 31.6 Å². The average Bonchev–Trinajstić information content (AvgIpc) is 2.45. The first-order valence-electron chi connectivity index (χ1n) is 7.21. The molecule has 0 saturated carbocycles. The highest BCUT2D eigenvalue weighted by Gasteiger charge is 2.14. The van der Waals surface area contributed by atoms with Crippen LogP contribution >= 0.6 is 0 Å². The van der Waals surface area contributed by atoms with E-state index in [-0.39, 0.29) is 11.8 Å². The molecule has 0 aliphatic carbocycles. The van der Waals surface area contributed by atoms with Crippen LogP contribution in [0.5, 0.6) is 0 Å². The molecular weight excluding hydrogens is 250 g/mol. The minimum absolute atomic E-state index is 0.00614. The lowest BCUT2D eigenvalue weighted by Gasteiger charge is -2.25. The summed E-state index contributed by atoms with van der Waals surface area (Å²) in [7, 11) is 3.95. The van der Waals surface area contributed by atoms with Crippen LogP contribution in [0.2, 0.25) is 0 Å². The normalized spacial score (nSPS) is 14.1. The van der Waals surface area contributed by atoms with Crippen molar-refractivity contribution in [1.29, 1.82) is 0 Å². The second kappa shape index (κ2) is 8.72. The number of amides is 1. The molecule has 0 heterocycles. The minimum atomic E-state index is 0.00614. The highest BCUT2D eigenvalue weighted by Crippen LogP contribution is 2.05. The quantitative estimate of drug-likeness (QED) is 0.756. The molecule has 4 heteroatoms. The molecule has 4 nitrogen and oxygen atoms in total. The number of nitrogens with zero attached hydrogens (tertiary/aromatic N) is 1. The topological polar surface area (TPSA) is 44.4 Å². The largest absolute Gasteiger partial charge is 0.354 e. The third-order valence-corrected chi connectivity index (χ3v) is 3.56. The fourth-order valence-electron chi connectivity index (χ4n) is 2.00. The fourth-order valence-corrected chi connectivity index (χ4v) is 2.00. The maximum Gasteiger partial charge on any atom is 0.224 e.